The summed E-state index contributed by atoms with van der Waals surface area (Å²) >= 11 is 0. The Kier molecular flexibility index (Phi) is 4.08. The van der Waals surface area contributed by atoms with Gasteiger partial charge in [0.1, 0.15) is 6.10 Å². The molecule has 0 saturated heterocycles. The van der Waals surface area contributed by atoms with Gasteiger partial charge in [-0.3, -0.25) is 0 Å². The molecule has 104 valence electrons. The third kappa shape index (κ3) is 3.25. The van der Waals surface area contributed by atoms with Crippen LogP contribution in [-0.4, -0.2) is 22.2 Å². The Morgan fingerprint density at radius 3 is 2.63 bits per heavy atom. The molecule has 1 N–H and O–H groups in total. The zero-order valence-corrected chi connectivity index (χ0v) is 11.7. The highest BCUT2D eigenvalue weighted by Crippen LogP contribution is 2.31. The molecule has 4 nitrogen and oxygen atoms in total. The largest absolute Gasteiger partial charge is 0.478 e. The number of carboxylic acids is 1. The Labute approximate surface area is 113 Å². The second-order valence-electron chi connectivity index (χ2n) is 5.60. The average Bonchev–Trinajstić information content (AvgIpc) is 2.33. The van der Waals surface area contributed by atoms with Crippen LogP contribution < -0.4 is 4.74 Å². The van der Waals surface area contributed by atoms with Gasteiger partial charge in [-0.05, 0) is 44.1 Å². The van der Waals surface area contributed by atoms with Crippen LogP contribution in [0.4, 0.5) is 0 Å². The van der Waals surface area contributed by atoms with Crippen molar-refractivity contribution in [3.05, 3.63) is 23.4 Å². The maximum atomic E-state index is 10.9. The van der Waals surface area contributed by atoms with E-state index in [-0.39, 0.29) is 11.7 Å². The molecule has 1 heterocycles. The predicted octanol–water partition coefficient (Wildman–Crippen LogP) is 3.29. The van der Waals surface area contributed by atoms with Crippen molar-refractivity contribution in [1.82, 2.24) is 4.98 Å². The van der Waals surface area contributed by atoms with Gasteiger partial charge in [-0.1, -0.05) is 13.8 Å². The lowest BCUT2D eigenvalue weighted by Crippen LogP contribution is -2.29. The van der Waals surface area contributed by atoms with Gasteiger partial charge in [-0.25, -0.2) is 9.78 Å². The smallest absolute Gasteiger partial charge is 0.337 e. The molecule has 0 bridgehead atoms. The Bertz CT molecular complexity index is 472. The van der Waals surface area contributed by atoms with E-state index in [1.165, 1.54) is 6.42 Å². The molecule has 0 radical (unpaired) electrons. The number of ether oxygens (including phenoxy) is 1. The van der Waals surface area contributed by atoms with E-state index in [0.717, 1.165) is 18.8 Å². The molecule has 0 aromatic carbocycles. The molecule has 0 aliphatic heterocycles. The van der Waals surface area contributed by atoms with Crippen LogP contribution in [0.3, 0.4) is 0 Å². The quantitative estimate of drug-likeness (QED) is 0.909. The molecular formula is C15H21NO3. The molecule has 1 saturated carbocycles. The van der Waals surface area contributed by atoms with Crippen molar-refractivity contribution in [1.29, 1.82) is 0 Å². The molecule has 0 amide bonds. The summed E-state index contributed by atoms with van der Waals surface area (Å²) in [5.74, 6) is 1.01. The molecule has 3 unspecified atom stereocenters. The van der Waals surface area contributed by atoms with Crippen molar-refractivity contribution >= 4 is 5.97 Å². The molecule has 1 aromatic heterocycles. The van der Waals surface area contributed by atoms with Gasteiger partial charge >= 0.3 is 5.97 Å². The van der Waals surface area contributed by atoms with Crippen LogP contribution in [0.1, 0.15) is 49.2 Å². The van der Waals surface area contributed by atoms with Crippen LogP contribution in [0.5, 0.6) is 5.88 Å². The number of nitrogens with zero attached hydrogens (tertiary/aromatic N) is 1. The highest BCUT2D eigenvalue weighted by molar-refractivity contribution is 5.88. The van der Waals surface area contributed by atoms with Gasteiger partial charge in [0.25, 0.3) is 0 Å². The number of hydrogen-bond donors (Lipinski definition) is 1. The van der Waals surface area contributed by atoms with Gasteiger partial charge in [0.15, 0.2) is 0 Å². The molecule has 19 heavy (non-hydrogen) atoms. The predicted molar refractivity (Wildman–Crippen MR) is 72.5 cm³/mol. The summed E-state index contributed by atoms with van der Waals surface area (Å²) in [5, 5.41) is 8.96. The fraction of sp³-hybridized carbons (Fsp3) is 0.600. The molecule has 1 fully saturated rings. The van der Waals surface area contributed by atoms with E-state index in [1.807, 2.05) is 0 Å². The normalized spacial score (nSPS) is 27.0. The van der Waals surface area contributed by atoms with E-state index in [9.17, 15) is 4.79 Å². The van der Waals surface area contributed by atoms with E-state index in [0.29, 0.717) is 17.5 Å². The van der Waals surface area contributed by atoms with Gasteiger partial charge in [-0.2, -0.15) is 0 Å². The van der Waals surface area contributed by atoms with Crippen LogP contribution in [0.15, 0.2) is 12.1 Å². The highest BCUT2D eigenvalue weighted by atomic mass is 16.5. The summed E-state index contributed by atoms with van der Waals surface area (Å²) in [4.78, 5) is 15.2. The van der Waals surface area contributed by atoms with E-state index in [4.69, 9.17) is 9.84 Å². The highest BCUT2D eigenvalue weighted by Gasteiger charge is 2.26. The third-order valence-electron chi connectivity index (χ3n) is 4.13. The van der Waals surface area contributed by atoms with Crippen molar-refractivity contribution in [2.75, 3.05) is 0 Å². The van der Waals surface area contributed by atoms with E-state index >= 15 is 0 Å². The van der Waals surface area contributed by atoms with Crippen molar-refractivity contribution < 1.29 is 14.6 Å². The minimum Gasteiger partial charge on any atom is -0.478 e. The Morgan fingerprint density at radius 2 is 2.05 bits per heavy atom. The minimum atomic E-state index is -0.948. The van der Waals surface area contributed by atoms with Gasteiger partial charge in [0, 0.05) is 6.07 Å². The van der Waals surface area contributed by atoms with Crippen molar-refractivity contribution in [3.8, 4) is 5.88 Å². The van der Waals surface area contributed by atoms with E-state index in [2.05, 4.69) is 18.8 Å². The molecule has 4 heteroatoms. The third-order valence-corrected chi connectivity index (χ3v) is 4.13. The number of aromatic nitrogens is 1. The summed E-state index contributed by atoms with van der Waals surface area (Å²) in [5.41, 5.74) is 0.736. The van der Waals surface area contributed by atoms with Gasteiger partial charge in [-0.15, -0.1) is 0 Å². The fourth-order valence-electron chi connectivity index (χ4n) is 2.61. The van der Waals surface area contributed by atoms with Gasteiger partial charge < -0.3 is 9.84 Å². The zero-order chi connectivity index (χ0) is 14.0. The number of carbonyl (C=O) groups is 1. The van der Waals surface area contributed by atoms with Gasteiger partial charge in [0.2, 0.25) is 5.88 Å². The Balaban J connectivity index is 2.04. The van der Waals surface area contributed by atoms with Crippen LogP contribution in [0, 0.1) is 18.8 Å². The molecule has 1 aliphatic rings. The van der Waals surface area contributed by atoms with Crippen LogP contribution >= 0.6 is 0 Å². The lowest BCUT2D eigenvalue weighted by molar-refractivity contribution is 0.0695. The molecule has 0 spiro atoms. The van der Waals surface area contributed by atoms with Crippen LogP contribution in [0.25, 0.3) is 0 Å². The molecule has 3 atom stereocenters. The van der Waals surface area contributed by atoms with E-state index < -0.39 is 5.97 Å². The first-order valence-corrected chi connectivity index (χ1v) is 6.85. The summed E-state index contributed by atoms with van der Waals surface area (Å²) in [6.45, 7) is 6.24. The first kappa shape index (κ1) is 13.8. The number of pyridine rings is 1. The van der Waals surface area contributed by atoms with E-state index in [1.54, 1.807) is 19.1 Å². The second kappa shape index (κ2) is 5.59. The Hall–Kier alpha value is -1.58. The second-order valence-corrected chi connectivity index (χ2v) is 5.60. The molecular weight excluding hydrogens is 242 g/mol. The lowest BCUT2D eigenvalue weighted by atomic mass is 9.80. The Morgan fingerprint density at radius 1 is 1.32 bits per heavy atom. The fourth-order valence-corrected chi connectivity index (χ4v) is 2.61. The first-order valence-electron chi connectivity index (χ1n) is 6.85. The number of hydrogen-bond acceptors (Lipinski definition) is 3. The summed E-state index contributed by atoms with van der Waals surface area (Å²) in [7, 11) is 0. The number of aromatic carboxylic acids is 1. The maximum Gasteiger partial charge on any atom is 0.337 e. The average molecular weight is 263 g/mol. The first-order chi connectivity index (χ1) is 8.97. The topological polar surface area (TPSA) is 59.4 Å². The summed E-state index contributed by atoms with van der Waals surface area (Å²) in [6.07, 6.45) is 3.47. The number of aryl methyl sites for hydroxylation is 1. The van der Waals surface area contributed by atoms with Crippen LogP contribution in [-0.2, 0) is 0 Å². The maximum absolute atomic E-state index is 10.9. The van der Waals surface area contributed by atoms with Gasteiger partial charge in [0.05, 0.1) is 11.3 Å². The van der Waals surface area contributed by atoms with Crippen LogP contribution in [0.2, 0.25) is 0 Å². The summed E-state index contributed by atoms with van der Waals surface area (Å²) < 4.78 is 5.89. The molecule has 1 aliphatic carbocycles. The standard InChI is InChI=1S/C15H21NO3/c1-9-4-5-12(8-10(9)2)19-14-7-6-13(15(17)18)11(3)16-14/h6-7,9-10,12H,4-5,8H2,1-3H3,(H,17,18). The summed E-state index contributed by atoms with van der Waals surface area (Å²) in [6, 6.07) is 3.22. The minimum absolute atomic E-state index is 0.203. The number of rotatable bonds is 3. The lowest BCUT2D eigenvalue weighted by Gasteiger charge is -2.31. The van der Waals surface area contributed by atoms with Crippen molar-refractivity contribution in [3.63, 3.8) is 0 Å². The molecule has 1 aromatic rings. The number of carboxylic acid groups (broad SMARTS) is 1. The SMILES string of the molecule is Cc1nc(OC2CCC(C)C(C)C2)ccc1C(=O)O. The monoisotopic (exact) mass is 263 g/mol. The zero-order valence-electron chi connectivity index (χ0n) is 11.7. The van der Waals surface area contributed by atoms with Crippen molar-refractivity contribution in [2.24, 2.45) is 11.8 Å². The van der Waals surface area contributed by atoms with Crippen molar-refractivity contribution in [2.45, 2.75) is 46.1 Å². The molecule has 2 rings (SSSR count).